The Kier molecular flexibility index (Phi) is 10.1. The van der Waals surface area contributed by atoms with Crippen LogP contribution in [0.1, 0.15) is 75.6 Å². The van der Waals surface area contributed by atoms with Crippen LogP contribution in [-0.4, -0.2) is 50.8 Å². The minimum Gasteiger partial charge on any atom is -0.487 e. The molecule has 1 aliphatic heterocycles. The zero-order valence-corrected chi connectivity index (χ0v) is 23.9. The van der Waals surface area contributed by atoms with Gasteiger partial charge in [-0.2, -0.15) is 4.72 Å². The first-order chi connectivity index (χ1) is 17.1. The molecule has 10 nitrogen and oxygen atoms in total. The monoisotopic (exact) mass is 537 g/mol. The van der Waals surface area contributed by atoms with Gasteiger partial charge >= 0.3 is 0 Å². The number of nitrogens with one attached hydrogen (secondary N) is 4. The van der Waals surface area contributed by atoms with E-state index < -0.39 is 28.0 Å². The van der Waals surface area contributed by atoms with Crippen molar-refractivity contribution in [1.82, 2.24) is 15.4 Å². The number of guanidine groups is 1. The van der Waals surface area contributed by atoms with Gasteiger partial charge in [-0.1, -0.05) is 13.8 Å². The summed E-state index contributed by atoms with van der Waals surface area (Å²) in [5.74, 6) is 0.124. The van der Waals surface area contributed by atoms with Gasteiger partial charge in [-0.25, -0.2) is 8.42 Å². The van der Waals surface area contributed by atoms with Crippen LogP contribution in [0.2, 0.25) is 0 Å². The molecule has 0 aliphatic carbocycles. The van der Waals surface area contributed by atoms with Crippen LogP contribution in [0.25, 0.3) is 0 Å². The maximum atomic E-state index is 13.8. The minimum atomic E-state index is -4.11. The maximum Gasteiger partial charge on any atom is 0.241 e. The normalized spacial score (nSPS) is 16.3. The smallest absolute Gasteiger partial charge is 0.241 e. The van der Waals surface area contributed by atoms with Gasteiger partial charge in [0.2, 0.25) is 15.9 Å². The highest BCUT2D eigenvalue weighted by atomic mass is 32.2. The Morgan fingerprint density at radius 1 is 1.19 bits per heavy atom. The first kappa shape index (κ1) is 30.6. The van der Waals surface area contributed by atoms with Crippen LogP contribution < -0.4 is 25.8 Å². The number of benzene rings is 1. The standard InChI is InChI=1S/C26H43N5O5S/c1-15(2)13-19(14-32)30-24(33)21(9-8-12-29-25(27)28)31-37(34,35)23-17(4)16(3)22-20(18(23)5)10-11-26(6,7)36-22/h14-15,19,21,31H,8-13H2,1-7H3,(H,30,33)(H4,27,28,29)/t19-,21+/m0/s1. The lowest BCUT2D eigenvalue weighted by Crippen LogP contribution is -2.50. The summed E-state index contributed by atoms with van der Waals surface area (Å²) < 4.78 is 36.3. The summed E-state index contributed by atoms with van der Waals surface area (Å²) in [6.45, 7) is 13.6. The van der Waals surface area contributed by atoms with Crippen LogP contribution in [0.3, 0.4) is 0 Å². The zero-order chi connectivity index (χ0) is 28.1. The molecule has 0 bridgehead atoms. The average molecular weight is 538 g/mol. The largest absolute Gasteiger partial charge is 0.487 e. The number of hydrogen-bond acceptors (Lipinski definition) is 6. The first-order valence-electron chi connectivity index (χ1n) is 12.8. The highest BCUT2D eigenvalue weighted by Gasteiger charge is 2.35. The van der Waals surface area contributed by atoms with E-state index in [2.05, 4.69) is 15.4 Å². The zero-order valence-electron chi connectivity index (χ0n) is 23.1. The van der Waals surface area contributed by atoms with E-state index in [9.17, 15) is 18.0 Å². The fraction of sp³-hybridized carbons (Fsp3) is 0.654. The highest BCUT2D eigenvalue weighted by Crippen LogP contribution is 2.42. The van der Waals surface area contributed by atoms with E-state index in [-0.39, 0.29) is 28.8 Å². The number of rotatable bonds is 12. The van der Waals surface area contributed by atoms with Crippen LogP contribution in [0.5, 0.6) is 5.75 Å². The second kappa shape index (κ2) is 12.3. The van der Waals surface area contributed by atoms with E-state index in [4.69, 9.17) is 15.9 Å². The summed E-state index contributed by atoms with van der Waals surface area (Å²) in [5, 5.41) is 12.6. The van der Waals surface area contributed by atoms with E-state index >= 15 is 0 Å². The Labute approximate surface area is 221 Å². The quantitative estimate of drug-likeness (QED) is 0.118. The van der Waals surface area contributed by atoms with Gasteiger partial charge in [0, 0.05) is 6.54 Å². The number of amides is 1. The van der Waals surface area contributed by atoms with Gasteiger partial charge in [-0.05, 0) is 94.9 Å². The Morgan fingerprint density at radius 2 is 1.84 bits per heavy atom. The fourth-order valence-electron chi connectivity index (χ4n) is 4.71. The molecule has 0 spiro atoms. The summed E-state index contributed by atoms with van der Waals surface area (Å²) in [6, 6.07) is -1.83. The molecule has 11 heteroatoms. The second-order valence-corrected chi connectivity index (χ2v) is 12.6. The van der Waals surface area contributed by atoms with Crippen molar-refractivity contribution in [2.45, 2.75) is 103 Å². The topological polar surface area (TPSA) is 163 Å². The summed E-state index contributed by atoms with van der Waals surface area (Å²) in [7, 11) is -4.11. The third-order valence-corrected chi connectivity index (χ3v) is 8.50. The molecule has 0 saturated heterocycles. The number of nitrogens with two attached hydrogens (primary N) is 1. The molecule has 0 aromatic heterocycles. The molecule has 0 unspecified atom stereocenters. The summed E-state index contributed by atoms with van der Waals surface area (Å²) >= 11 is 0. The van der Waals surface area contributed by atoms with E-state index in [1.807, 2.05) is 34.6 Å². The summed E-state index contributed by atoms with van der Waals surface area (Å²) in [5.41, 5.74) is 7.81. The van der Waals surface area contributed by atoms with Crippen molar-refractivity contribution in [3.05, 3.63) is 22.3 Å². The molecular formula is C26H43N5O5S. The molecule has 0 saturated carbocycles. The number of sulfonamides is 1. The molecule has 1 amide bonds. The van der Waals surface area contributed by atoms with Crippen molar-refractivity contribution >= 4 is 28.2 Å². The number of hydrogen-bond donors (Lipinski definition) is 5. The molecule has 1 aromatic carbocycles. The molecule has 0 fully saturated rings. The highest BCUT2D eigenvalue weighted by molar-refractivity contribution is 7.89. The predicted octanol–water partition coefficient (Wildman–Crippen LogP) is 2.36. The average Bonchev–Trinajstić information content (AvgIpc) is 2.77. The van der Waals surface area contributed by atoms with E-state index in [0.29, 0.717) is 43.2 Å². The van der Waals surface area contributed by atoms with Crippen LogP contribution in [0, 0.1) is 32.1 Å². The predicted molar refractivity (Wildman–Crippen MR) is 144 cm³/mol. The molecule has 37 heavy (non-hydrogen) atoms. The molecule has 208 valence electrons. The minimum absolute atomic E-state index is 0.151. The van der Waals surface area contributed by atoms with Crippen LogP contribution in [-0.2, 0) is 26.0 Å². The third-order valence-electron chi connectivity index (χ3n) is 6.75. The van der Waals surface area contributed by atoms with E-state index in [1.165, 1.54) is 0 Å². The number of carbonyl (C=O) groups excluding carboxylic acids is 2. The van der Waals surface area contributed by atoms with Gasteiger partial charge in [0.15, 0.2) is 5.96 Å². The molecular weight excluding hydrogens is 494 g/mol. The van der Waals surface area contributed by atoms with Gasteiger partial charge in [-0.15, -0.1) is 0 Å². The van der Waals surface area contributed by atoms with E-state index in [1.54, 1.807) is 13.8 Å². The molecule has 2 atom stereocenters. The lowest BCUT2D eigenvalue weighted by Gasteiger charge is -2.35. The molecule has 0 radical (unpaired) electrons. The van der Waals surface area contributed by atoms with Gasteiger partial charge in [0.05, 0.1) is 10.9 Å². The number of carbonyl (C=O) groups is 2. The van der Waals surface area contributed by atoms with Crippen molar-refractivity contribution in [3.63, 3.8) is 0 Å². The van der Waals surface area contributed by atoms with E-state index in [0.717, 1.165) is 23.3 Å². The van der Waals surface area contributed by atoms with Gasteiger partial charge in [-0.3, -0.25) is 10.2 Å². The van der Waals surface area contributed by atoms with Crippen molar-refractivity contribution in [2.24, 2.45) is 11.7 Å². The number of fused-ring (bicyclic) bond motifs is 1. The Bertz CT molecular complexity index is 1130. The number of ether oxygens (including phenoxy) is 1. The molecule has 1 aromatic rings. The third kappa shape index (κ3) is 7.91. The van der Waals surface area contributed by atoms with Crippen LogP contribution in [0.15, 0.2) is 4.90 Å². The van der Waals surface area contributed by atoms with Crippen molar-refractivity contribution < 1.29 is 22.7 Å². The van der Waals surface area contributed by atoms with Gasteiger partial charge < -0.3 is 25.9 Å². The van der Waals surface area contributed by atoms with Gasteiger partial charge in [0.1, 0.15) is 23.7 Å². The van der Waals surface area contributed by atoms with Crippen LogP contribution in [0.4, 0.5) is 0 Å². The lowest BCUT2D eigenvalue weighted by atomic mass is 9.88. The van der Waals surface area contributed by atoms with Crippen LogP contribution >= 0.6 is 0 Å². The Hall–Kier alpha value is -2.66. The van der Waals surface area contributed by atoms with Gasteiger partial charge in [0.25, 0.3) is 0 Å². The number of aldehydes is 1. The molecule has 1 heterocycles. The lowest BCUT2D eigenvalue weighted by molar-refractivity contribution is -0.125. The Balaban J connectivity index is 2.41. The van der Waals surface area contributed by atoms with Crippen molar-refractivity contribution in [1.29, 1.82) is 5.41 Å². The second-order valence-electron chi connectivity index (χ2n) is 10.9. The summed E-state index contributed by atoms with van der Waals surface area (Å²) in [4.78, 5) is 24.9. The maximum absolute atomic E-state index is 13.8. The van der Waals surface area contributed by atoms with Crippen molar-refractivity contribution in [3.8, 4) is 5.75 Å². The first-order valence-corrected chi connectivity index (χ1v) is 14.3. The SMILES string of the molecule is Cc1c(C)c(S(=O)(=O)N[C@H](CCCNC(=N)N)C(=O)N[C@H](C=O)CC(C)C)c(C)c2c1OC(C)(C)CC2. The van der Waals surface area contributed by atoms with Crippen molar-refractivity contribution in [2.75, 3.05) is 6.54 Å². The molecule has 6 N–H and O–H groups in total. The Morgan fingerprint density at radius 3 is 2.41 bits per heavy atom. The molecule has 2 rings (SSSR count). The summed E-state index contributed by atoms with van der Waals surface area (Å²) in [6.07, 6.45) is 3.09. The molecule has 1 aliphatic rings. The fourth-order valence-corrected chi connectivity index (χ4v) is 6.51.